The molecular formula is C46H57N3O6S. The second-order valence-corrected chi connectivity index (χ2v) is 17.7. The minimum absolute atomic E-state index is 0.000248. The van der Waals surface area contributed by atoms with Gasteiger partial charge < -0.3 is 19.9 Å². The van der Waals surface area contributed by atoms with Crippen LogP contribution in [-0.4, -0.2) is 71.2 Å². The van der Waals surface area contributed by atoms with E-state index >= 15 is 0 Å². The number of hydrogen-bond acceptors (Lipinski definition) is 7. The molecular weight excluding hydrogens is 723 g/mol. The van der Waals surface area contributed by atoms with Gasteiger partial charge in [-0.1, -0.05) is 92.7 Å². The number of esters is 1. The van der Waals surface area contributed by atoms with Gasteiger partial charge in [0.2, 0.25) is 17.7 Å². The molecule has 298 valence electrons. The Morgan fingerprint density at radius 2 is 1.41 bits per heavy atom. The molecule has 0 radical (unpaired) electrons. The SMILES string of the molecule is COC(=O)[C@@H]1CCC[C@@H]2SCC[C@H](CC(=O)[C@H](CC[C@H](Cc3ccccc3)C(=O)N[C@@H]3C(=O)N(c4ccccc4)CCCC3(C)C)Cc3ccccc3)C(=O)N21. The van der Waals surface area contributed by atoms with Crippen molar-refractivity contribution in [1.29, 1.82) is 0 Å². The van der Waals surface area contributed by atoms with Crippen LogP contribution in [0, 0.1) is 23.2 Å². The van der Waals surface area contributed by atoms with Gasteiger partial charge in [-0.2, -0.15) is 0 Å². The molecule has 0 unspecified atom stereocenters. The number of anilines is 1. The summed E-state index contributed by atoms with van der Waals surface area (Å²) < 4.78 is 5.10. The van der Waals surface area contributed by atoms with Crippen molar-refractivity contribution in [2.24, 2.45) is 23.2 Å². The van der Waals surface area contributed by atoms with Crippen LogP contribution in [-0.2, 0) is 41.6 Å². The molecule has 9 nitrogen and oxygen atoms in total. The number of rotatable bonds is 14. The Bertz CT molecular complexity index is 1800. The van der Waals surface area contributed by atoms with Crippen LogP contribution in [0.15, 0.2) is 91.0 Å². The maximum atomic E-state index is 14.5. The van der Waals surface area contributed by atoms with Crippen molar-refractivity contribution >= 4 is 46.9 Å². The highest BCUT2D eigenvalue weighted by molar-refractivity contribution is 7.99. The van der Waals surface area contributed by atoms with E-state index in [1.807, 2.05) is 91.0 Å². The van der Waals surface area contributed by atoms with Crippen LogP contribution in [0.5, 0.6) is 0 Å². The largest absolute Gasteiger partial charge is 0.467 e. The maximum Gasteiger partial charge on any atom is 0.328 e. The number of para-hydroxylation sites is 1. The molecule has 3 amide bonds. The lowest BCUT2D eigenvalue weighted by molar-refractivity contribution is -0.157. The fraction of sp³-hybridized carbons (Fsp3) is 0.500. The standard InChI is InChI=1S/C46H57N3O6S/c1-46(2)26-14-27-48(37-19-11-6-12-20-37)44(53)41(46)47-42(51)35(30-33-17-9-5-10-18-33)24-23-34(29-32-15-7-4-8-16-32)39(50)31-36-25-28-56-40-22-13-21-38(45(54)55-3)49(40)43(36)52/h4-12,15-20,34-36,38,40-41H,13-14,21-31H2,1-3H3,(H,47,51)/t34-,35-,36-,38+,40+,41-/m1/s1. The third kappa shape index (κ3) is 10.1. The number of nitrogens with zero attached hydrogens (tertiary/aromatic N) is 2. The molecule has 10 heteroatoms. The average Bonchev–Trinajstić information content (AvgIpc) is 3.44. The molecule has 1 N–H and O–H groups in total. The molecule has 3 heterocycles. The van der Waals surface area contributed by atoms with Crippen LogP contribution in [0.1, 0.15) is 82.8 Å². The molecule has 0 spiro atoms. The normalized spacial score (nSPS) is 23.6. The highest BCUT2D eigenvalue weighted by Crippen LogP contribution is 2.38. The van der Waals surface area contributed by atoms with Gasteiger partial charge in [0, 0.05) is 36.4 Å². The summed E-state index contributed by atoms with van der Waals surface area (Å²) in [5.74, 6) is -1.55. The summed E-state index contributed by atoms with van der Waals surface area (Å²) in [5.41, 5.74) is 2.38. The number of thioether (sulfide) groups is 1. The molecule has 6 atom stereocenters. The number of amides is 3. The first kappa shape index (κ1) is 41.2. The van der Waals surface area contributed by atoms with E-state index in [0.29, 0.717) is 45.1 Å². The predicted octanol–water partition coefficient (Wildman–Crippen LogP) is 7.41. The predicted molar refractivity (Wildman–Crippen MR) is 221 cm³/mol. The topological polar surface area (TPSA) is 113 Å². The highest BCUT2D eigenvalue weighted by Gasteiger charge is 2.45. The molecule has 3 fully saturated rings. The lowest BCUT2D eigenvalue weighted by Crippen LogP contribution is -2.55. The van der Waals surface area contributed by atoms with Crippen molar-refractivity contribution in [1.82, 2.24) is 10.2 Å². The molecule has 0 aromatic heterocycles. The van der Waals surface area contributed by atoms with Gasteiger partial charge in [-0.15, -0.1) is 11.8 Å². The van der Waals surface area contributed by atoms with E-state index in [9.17, 15) is 24.0 Å². The smallest absolute Gasteiger partial charge is 0.328 e. The number of carbonyl (C=O) groups is 5. The summed E-state index contributed by atoms with van der Waals surface area (Å²) in [6, 6.07) is 28.1. The Labute approximate surface area is 336 Å². The van der Waals surface area contributed by atoms with Gasteiger partial charge in [0.1, 0.15) is 17.9 Å². The van der Waals surface area contributed by atoms with Crippen LogP contribution in [0.4, 0.5) is 5.69 Å². The molecule has 0 aliphatic carbocycles. The van der Waals surface area contributed by atoms with Gasteiger partial charge in [0.15, 0.2) is 0 Å². The Morgan fingerprint density at radius 1 is 0.804 bits per heavy atom. The van der Waals surface area contributed by atoms with Crippen LogP contribution in [0.3, 0.4) is 0 Å². The van der Waals surface area contributed by atoms with E-state index in [4.69, 9.17) is 4.74 Å². The van der Waals surface area contributed by atoms with E-state index in [1.54, 1.807) is 21.6 Å². The number of ketones is 1. The van der Waals surface area contributed by atoms with Crippen LogP contribution in [0.25, 0.3) is 0 Å². The molecule has 0 bridgehead atoms. The summed E-state index contributed by atoms with van der Waals surface area (Å²) in [6.45, 7) is 4.69. The first-order valence-electron chi connectivity index (χ1n) is 20.3. The van der Waals surface area contributed by atoms with Gasteiger partial charge in [-0.25, -0.2) is 4.79 Å². The number of carbonyl (C=O) groups excluding carboxylic acids is 5. The summed E-state index contributed by atoms with van der Waals surface area (Å²) >= 11 is 1.69. The zero-order valence-electron chi connectivity index (χ0n) is 33.1. The number of piperidine rings is 1. The Balaban J connectivity index is 1.23. The minimum atomic E-state index is -0.718. The number of fused-ring (bicyclic) bond motifs is 1. The van der Waals surface area contributed by atoms with Gasteiger partial charge >= 0.3 is 5.97 Å². The molecule has 0 saturated carbocycles. The van der Waals surface area contributed by atoms with Crippen molar-refractivity contribution in [2.75, 3.05) is 24.3 Å². The zero-order valence-corrected chi connectivity index (χ0v) is 33.9. The number of Topliss-reactive ketones (excluding diaryl/α,β-unsaturated/α-hetero) is 1. The van der Waals surface area contributed by atoms with Gasteiger partial charge in [0.25, 0.3) is 0 Å². The Hall–Kier alpha value is -4.44. The van der Waals surface area contributed by atoms with Crippen molar-refractivity contribution in [2.45, 2.75) is 102 Å². The van der Waals surface area contributed by atoms with E-state index in [-0.39, 0.29) is 35.3 Å². The highest BCUT2D eigenvalue weighted by atomic mass is 32.2. The van der Waals surface area contributed by atoms with E-state index < -0.39 is 41.2 Å². The number of hydrogen-bond donors (Lipinski definition) is 1. The minimum Gasteiger partial charge on any atom is -0.467 e. The quantitative estimate of drug-likeness (QED) is 0.170. The molecule has 6 rings (SSSR count). The van der Waals surface area contributed by atoms with Crippen molar-refractivity contribution in [3.63, 3.8) is 0 Å². The molecule has 3 saturated heterocycles. The number of nitrogens with one attached hydrogen (secondary N) is 1. The molecule has 3 aliphatic rings. The number of methoxy groups -OCH3 is 1. The molecule has 3 aromatic rings. The van der Waals surface area contributed by atoms with Gasteiger partial charge in [-0.05, 0) is 98.6 Å². The monoisotopic (exact) mass is 779 g/mol. The first-order valence-corrected chi connectivity index (χ1v) is 21.4. The third-order valence-electron chi connectivity index (χ3n) is 12.1. The molecule has 56 heavy (non-hydrogen) atoms. The summed E-state index contributed by atoms with van der Waals surface area (Å²) in [5, 5.41) is 3.14. The van der Waals surface area contributed by atoms with Crippen molar-refractivity contribution < 1.29 is 28.7 Å². The van der Waals surface area contributed by atoms with E-state index in [2.05, 4.69) is 19.2 Å². The Morgan fingerprint density at radius 3 is 2.05 bits per heavy atom. The second kappa shape index (κ2) is 19.1. The van der Waals surface area contributed by atoms with Crippen LogP contribution < -0.4 is 10.2 Å². The lowest BCUT2D eigenvalue weighted by atomic mass is 9.79. The summed E-state index contributed by atoms with van der Waals surface area (Å²) in [4.78, 5) is 73.7. The van der Waals surface area contributed by atoms with Crippen molar-refractivity contribution in [3.05, 3.63) is 102 Å². The summed E-state index contributed by atoms with van der Waals surface area (Å²) in [7, 11) is 1.36. The first-order chi connectivity index (χ1) is 27.1. The van der Waals surface area contributed by atoms with Crippen LogP contribution >= 0.6 is 11.8 Å². The number of ether oxygens (including phenoxy) is 1. The third-order valence-corrected chi connectivity index (χ3v) is 13.4. The van der Waals surface area contributed by atoms with Crippen LogP contribution in [0.2, 0.25) is 0 Å². The fourth-order valence-corrected chi connectivity index (χ4v) is 10.2. The van der Waals surface area contributed by atoms with Crippen molar-refractivity contribution in [3.8, 4) is 0 Å². The lowest BCUT2D eigenvalue weighted by Gasteiger charge is -2.40. The molecule has 3 aliphatic heterocycles. The number of benzene rings is 3. The zero-order chi connectivity index (χ0) is 39.7. The van der Waals surface area contributed by atoms with E-state index in [0.717, 1.165) is 48.3 Å². The average molecular weight is 780 g/mol. The van der Waals surface area contributed by atoms with E-state index in [1.165, 1.54) is 7.11 Å². The summed E-state index contributed by atoms with van der Waals surface area (Å²) in [6.07, 6.45) is 6.32. The maximum absolute atomic E-state index is 14.5. The van der Waals surface area contributed by atoms with Gasteiger partial charge in [-0.3, -0.25) is 19.2 Å². The Kier molecular flexibility index (Phi) is 14.1. The molecule has 3 aromatic carbocycles. The van der Waals surface area contributed by atoms with Gasteiger partial charge in [0.05, 0.1) is 12.5 Å². The fourth-order valence-electron chi connectivity index (χ4n) is 8.79. The second-order valence-electron chi connectivity index (χ2n) is 16.4.